The van der Waals surface area contributed by atoms with Crippen LogP contribution in [0.5, 0.6) is 0 Å². The smallest absolute Gasteiger partial charge is 0.354 e. The standard InChI is InChI=1S/C15H15NO5/c1-2-7-21-15(18)12(10-11-5-3-8-19-11)16-14(17)13-6-4-9-20-13/h3-6,8-10H,2,7H2,1H3,(H,16,17)/b12-10-. The molecule has 0 aromatic carbocycles. The van der Waals surface area contributed by atoms with Crippen LogP contribution in [0.25, 0.3) is 6.08 Å². The third kappa shape index (κ3) is 4.10. The number of ether oxygens (including phenoxy) is 1. The van der Waals surface area contributed by atoms with Gasteiger partial charge in [0.2, 0.25) is 0 Å². The van der Waals surface area contributed by atoms with Gasteiger partial charge in [-0.05, 0) is 30.7 Å². The van der Waals surface area contributed by atoms with Gasteiger partial charge in [0.15, 0.2) is 5.76 Å². The monoisotopic (exact) mass is 289 g/mol. The third-order valence-electron chi connectivity index (χ3n) is 2.48. The zero-order chi connectivity index (χ0) is 15.1. The number of carbonyl (C=O) groups is 2. The Labute approximate surface area is 121 Å². The first-order valence-electron chi connectivity index (χ1n) is 6.48. The van der Waals surface area contributed by atoms with E-state index in [9.17, 15) is 9.59 Å². The average Bonchev–Trinajstić information content (AvgIpc) is 3.16. The van der Waals surface area contributed by atoms with Crippen molar-refractivity contribution in [1.82, 2.24) is 5.32 Å². The molecule has 0 unspecified atom stereocenters. The van der Waals surface area contributed by atoms with Crippen molar-refractivity contribution in [3.63, 3.8) is 0 Å². The van der Waals surface area contributed by atoms with Crippen LogP contribution in [0.2, 0.25) is 0 Å². The number of furan rings is 2. The summed E-state index contributed by atoms with van der Waals surface area (Å²) in [7, 11) is 0. The maximum atomic E-state index is 12.0. The number of rotatable bonds is 6. The van der Waals surface area contributed by atoms with Gasteiger partial charge >= 0.3 is 5.97 Å². The summed E-state index contributed by atoms with van der Waals surface area (Å²) in [5.74, 6) is -0.638. The number of esters is 1. The van der Waals surface area contributed by atoms with Crippen molar-refractivity contribution in [2.75, 3.05) is 6.61 Å². The number of amides is 1. The van der Waals surface area contributed by atoms with E-state index in [0.29, 0.717) is 12.2 Å². The molecule has 0 aliphatic rings. The molecule has 6 heteroatoms. The summed E-state index contributed by atoms with van der Waals surface area (Å²) in [6.07, 6.45) is 4.93. The molecule has 1 amide bonds. The van der Waals surface area contributed by atoms with E-state index in [-0.39, 0.29) is 18.1 Å². The van der Waals surface area contributed by atoms with Crippen LogP contribution in [-0.2, 0) is 9.53 Å². The zero-order valence-electron chi connectivity index (χ0n) is 11.5. The van der Waals surface area contributed by atoms with Gasteiger partial charge in [-0.2, -0.15) is 0 Å². The van der Waals surface area contributed by atoms with E-state index >= 15 is 0 Å². The Morgan fingerprint density at radius 1 is 1.24 bits per heavy atom. The maximum absolute atomic E-state index is 12.0. The van der Waals surface area contributed by atoms with Crippen molar-refractivity contribution in [3.8, 4) is 0 Å². The topological polar surface area (TPSA) is 81.7 Å². The van der Waals surface area contributed by atoms with Gasteiger partial charge in [0.05, 0.1) is 19.1 Å². The second kappa shape index (κ2) is 7.14. The molecule has 1 N–H and O–H groups in total. The molecule has 0 spiro atoms. The van der Waals surface area contributed by atoms with Crippen molar-refractivity contribution in [2.45, 2.75) is 13.3 Å². The molecule has 21 heavy (non-hydrogen) atoms. The highest BCUT2D eigenvalue weighted by Gasteiger charge is 2.17. The normalized spacial score (nSPS) is 11.2. The summed E-state index contributed by atoms with van der Waals surface area (Å²) in [6.45, 7) is 2.15. The molecule has 0 radical (unpaired) electrons. The van der Waals surface area contributed by atoms with Gasteiger partial charge in [-0.25, -0.2) is 4.79 Å². The summed E-state index contributed by atoms with van der Waals surface area (Å²) in [6, 6.07) is 6.42. The van der Waals surface area contributed by atoms with Crippen LogP contribution < -0.4 is 5.32 Å². The molecule has 2 aromatic rings. The second-order valence-electron chi connectivity index (χ2n) is 4.14. The van der Waals surface area contributed by atoms with E-state index in [1.807, 2.05) is 6.92 Å². The molecule has 2 aromatic heterocycles. The number of nitrogens with one attached hydrogen (secondary N) is 1. The van der Waals surface area contributed by atoms with Crippen LogP contribution >= 0.6 is 0 Å². The molecule has 0 bridgehead atoms. The molecule has 0 aliphatic heterocycles. The minimum Gasteiger partial charge on any atom is -0.465 e. The molecular weight excluding hydrogens is 274 g/mol. The van der Waals surface area contributed by atoms with Crippen molar-refractivity contribution < 1.29 is 23.2 Å². The molecule has 2 heterocycles. The molecule has 0 aliphatic carbocycles. The van der Waals surface area contributed by atoms with E-state index < -0.39 is 11.9 Å². The highest BCUT2D eigenvalue weighted by atomic mass is 16.5. The minimum absolute atomic E-state index is 0.0141. The summed E-state index contributed by atoms with van der Waals surface area (Å²) >= 11 is 0. The quantitative estimate of drug-likeness (QED) is 0.653. The molecule has 0 saturated carbocycles. The van der Waals surface area contributed by atoms with E-state index in [2.05, 4.69) is 5.32 Å². The second-order valence-corrected chi connectivity index (χ2v) is 4.14. The first-order valence-corrected chi connectivity index (χ1v) is 6.48. The van der Waals surface area contributed by atoms with Crippen LogP contribution in [0.4, 0.5) is 0 Å². The molecule has 0 fully saturated rings. The summed E-state index contributed by atoms with van der Waals surface area (Å²) in [4.78, 5) is 23.9. The Bertz CT molecular complexity index is 611. The molecular formula is C15H15NO5. The molecule has 2 rings (SSSR count). The number of hydrogen-bond donors (Lipinski definition) is 1. The Hall–Kier alpha value is -2.76. The lowest BCUT2D eigenvalue weighted by Crippen LogP contribution is -2.28. The Balaban J connectivity index is 2.15. The van der Waals surface area contributed by atoms with Crippen LogP contribution in [0.3, 0.4) is 0 Å². The molecule has 0 atom stereocenters. The average molecular weight is 289 g/mol. The maximum Gasteiger partial charge on any atom is 0.354 e. The molecule has 6 nitrogen and oxygen atoms in total. The summed E-state index contributed by atoms with van der Waals surface area (Å²) in [5.41, 5.74) is -0.0141. The molecule has 0 saturated heterocycles. The lowest BCUT2D eigenvalue weighted by molar-refractivity contribution is -0.139. The fourth-order valence-electron chi connectivity index (χ4n) is 1.53. The van der Waals surface area contributed by atoms with Gasteiger partial charge in [-0.1, -0.05) is 6.92 Å². The van der Waals surface area contributed by atoms with E-state index in [0.717, 1.165) is 0 Å². The van der Waals surface area contributed by atoms with Gasteiger partial charge < -0.3 is 18.9 Å². The van der Waals surface area contributed by atoms with Gasteiger partial charge in [0.25, 0.3) is 5.91 Å². The highest BCUT2D eigenvalue weighted by Crippen LogP contribution is 2.09. The third-order valence-corrected chi connectivity index (χ3v) is 2.48. The predicted molar refractivity (Wildman–Crippen MR) is 74.1 cm³/mol. The van der Waals surface area contributed by atoms with Gasteiger partial charge in [-0.15, -0.1) is 0 Å². The Morgan fingerprint density at radius 2 is 2.00 bits per heavy atom. The van der Waals surface area contributed by atoms with Crippen LogP contribution in [-0.4, -0.2) is 18.5 Å². The fourth-order valence-corrected chi connectivity index (χ4v) is 1.53. The van der Waals surface area contributed by atoms with Crippen LogP contribution in [0.1, 0.15) is 29.7 Å². The van der Waals surface area contributed by atoms with Crippen molar-refractivity contribution in [1.29, 1.82) is 0 Å². The van der Waals surface area contributed by atoms with E-state index in [4.69, 9.17) is 13.6 Å². The Kier molecular flexibility index (Phi) is 4.98. The fraction of sp³-hybridized carbons (Fsp3) is 0.200. The number of carbonyl (C=O) groups excluding carboxylic acids is 2. The van der Waals surface area contributed by atoms with E-state index in [1.165, 1.54) is 24.7 Å². The van der Waals surface area contributed by atoms with Gasteiger partial charge in [0, 0.05) is 6.08 Å². The highest BCUT2D eigenvalue weighted by molar-refractivity contribution is 6.01. The first kappa shape index (κ1) is 14.6. The van der Waals surface area contributed by atoms with Crippen LogP contribution in [0, 0.1) is 0 Å². The molecule has 110 valence electrons. The Morgan fingerprint density at radius 3 is 2.62 bits per heavy atom. The summed E-state index contributed by atoms with van der Waals surface area (Å²) < 4.78 is 15.1. The van der Waals surface area contributed by atoms with E-state index in [1.54, 1.807) is 18.2 Å². The van der Waals surface area contributed by atoms with Crippen molar-refractivity contribution >= 4 is 18.0 Å². The lowest BCUT2D eigenvalue weighted by atomic mass is 10.3. The number of hydrogen-bond acceptors (Lipinski definition) is 5. The largest absolute Gasteiger partial charge is 0.465 e. The SMILES string of the molecule is CCCOC(=O)/C(=C/c1ccco1)NC(=O)c1ccco1. The van der Waals surface area contributed by atoms with Gasteiger partial charge in [0.1, 0.15) is 11.5 Å². The first-order chi connectivity index (χ1) is 10.2. The van der Waals surface area contributed by atoms with Gasteiger partial charge in [-0.3, -0.25) is 4.79 Å². The predicted octanol–water partition coefficient (Wildman–Crippen LogP) is 2.60. The lowest BCUT2D eigenvalue weighted by Gasteiger charge is -2.08. The van der Waals surface area contributed by atoms with Crippen molar-refractivity contribution in [2.24, 2.45) is 0 Å². The zero-order valence-corrected chi connectivity index (χ0v) is 11.5. The van der Waals surface area contributed by atoms with Crippen molar-refractivity contribution in [3.05, 3.63) is 54.0 Å². The van der Waals surface area contributed by atoms with Crippen LogP contribution in [0.15, 0.2) is 51.3 Å². The summed E-state index contributed by atoms with van der Waals surface area (Å²) in [5, 5.41) is 2.46. The minimum atomic E-state index is -0.631.